The number of carbonyl (C=O) groups is 1. The molecule has 0 aromatic heterocycles. The van der Waals surface area contributed by atoms with Crippen LogP contribution in [0.1, 0.15) is 29.7 Å². The first-order chi connectivity index (χ1) is 16.3. The summed E-state index contributed by atoms with van der Waals surface area (Å²) in [7, 11) is 0. The number of halogens is 1. The van der Waals surface area contributed by atoms with E-state index < -0.39 is 30.0 Å². The molecule has 0 aliphatic carbocycles. The molecule has 2 heterocycles. The van der Waals surface area contributed by atoms with Gasteiger partial charge in [-0.2, -0.15) is 0 Å². The molecule has 0 bridgehead atoms. The second-order valence-corrected chi connectivity index (χ2v) is 9.07. The molecule has 34 heavy (non-hydrogen) atoms. The van der Waals surface area contributed by atoms with Crippen LogP contribution < -0.4 is 4.74 Å². The van der Waals surface area contributed by atoms with Gasteiger partial charge in [-0.3, -0.25) is 4.79 Å². The number of aliphatic hydroxyl groups excluding tert-OH is 3. The lowest BCUT2D eigenvalue weighted by Crippen LogP contribution is -2.66. The van der Waals surface area contributed by atoms with E-state index in [1.807, 2.05) is 37.3 Å². The molecule has 3 N–H and O–H groups in total. The summed E-state index contributed by atoms with van der Waals surface area (Å²) < 4.78 is 22.5. The molecule has 2 fully saturated rings. The largest absolute Gasteiger partial charge is 0.494 e. The first kappa shape index (κ1) is 25.1. The number of aliphatic hydroxyl groups is 3. The van der Waals surface area contributed by atoms with Gasteiger partial charge in [-0.05, 0) is 48.2 Å². The lowest BCUT2D eigenvalue weighted by molar-refractivity contribution is -0.297. The van der Waals surface area contributed by atoms with Crippen molar-refractivity contribution in [1.29, 1.82) is 0 Å². The Morgan fingerprint density at radius 3 is 2.35 bits per heavy atom. The monoisotopic (exact) mass is 492 g/mol. The molecule has 2 aliphatic heterocycles. The SMILES string of the molecule is CCOc1ccc(Cc2cc([C@@H]3OC4(COCC(=O)COC4)[C@@H](O)[C@H](O)[C@H]3O)ccc2Cl)cc1. The van der Waals surface area contributed by atoms with Gasteiger partial charge < -0.3 is 34.3 Å². The Kier molecular flexibility index (Phi) is 7.89. The van der Waals surface area contributed by atoms with E-state index in [-0.39, 0.29) is 32.2 Å². The highest BCUT2D eigenvalue weighted by molar-refractivity contribution is 6.31. The molecule has 4 rings (SSSR count). The fourth-order valence-electron chi connectivity index (χ4n) is 4.33. The summed E-state index contributed by atoms with van der Waals surface area (Å²) in [5.41, 5.74) is 0.968. The number of Topliss-reactive ketones (excluding diaryl/α,β-unsaturated/α-hetero) is 1. The summed E-state index contributed by atoms with van der Waals surface area (Å²) in [6.45, 7) is 1.79. The summed E-state index contributed by atoms with van der Waals surface area (Å²) in [4.78, 5) is 11.6. The van der Waals surface area contributed by atoms with Gasteiger partial charge in [0.05, 0.1) is 19.8 Å². The fraction of sp³-hybridized carbons (Fsp3) is 0.480. The summed E-state index contributed by atoms with van der Waals surface area (Å²) in [6, 6.07) is 12.9. The Labute approximate surface area is 203 Å². The predicted molar refractivity (Wildman–Crippen MR) is 123 cm³/mol. The maximum atomic E-state index is 11.6. The van der Waals surface area contributed by atoms with E-state index in [9.17, 15) is 20.1 Å². The molecular weight excluding hydrogens is 464 g/mol. The first-order valence-corrected chi connectivity index (χ1v) is 11.6. The maximum absolute atomic E-state index is 11.6. The average Bonchev–Trinajstić information content (AvgIpc) is 2.81. The average molecular weight is 493 g/mol. The van der Waals surface area contributed by atoms with Crippen LogP contribution in [0.5, 0.6) is 5.75 Å². The van der Waals surface area contributed by atoms with Gasteiger partial charge in [0.25, 0.3) is 0 Å². The van der Waals surface area contributed by atoms with Crippen LogP contribution in [-0.2, 0) is 25.4 Å². The lowest BCUT2D eigenvalue weighted by Gasteiger charge is -2.49. The fourth-order valence-corrected chi connectivity index (χ4v) is 4.51. The Hall–Kier alpha value is -2.04. The molecule has 2 aromatic carbocycles. The van der Waals surface area contributed by atoms with Crippen LogP contribution in [0.2, 0.25) is 5.02 Å². The van der Waals surface area contributed by atoms with E-state index in [2.05, 4.69) is 0 Å². The van der Waals surface area contributed by atoms with E-state index in [0.29, 0.717) is 23.6 Å². The van der Waals surface area contributed by atoms with Gasteiger partial charge in [0.15, 0.2) is 5.78 Å². The van der Waals surface area contributed by atoms with Crippen molar-refractivity contribution in [2.75, 3.05) is 33.0 Å². The highest BCUT2D eigenvalue weighted by Crippen LogP contribution is 2.40. The van der Waals surface area contributed by atoms with Gasteiger partial charge in [-0.25, -0.2) is 0 Å². The molecule has 9 heteroatoms. The van der Waals surface area contributed by atoms with E-state index in [0.717, 1.165) is 16.9 Å². The van der Waals surface area contributed by atoms with E-state index in [1.165, 1.54) is 0 Å². The molecular formula is C25H29ClO8. The Morgan fingerprint density at radius 2 is 1.71 bits per heavy atom. The van der Waals surface area contributed by atoms with Crippen LogP contribution in [0.15, 0.2) is 42.5 Å². The molecule has 2 aromatic rings. The molecule has 0 radical (unpaired) electrons. The standard InChI is InChI=1S/C25H29ClO8/c1-2-33-19-6-3-15(4-7-19)9-17-10-16(5-8-20(17)26)23-21(28)22(29)24(30)25(34-23)13-31-11-18(27)12-32-14-25/h3-8,10,21-24,28-30H,2,9,11-14H2,1H3/t21-,22-,23+,24+/m1/s1. The number of ether oxygens (including phenoxy) is 4. The molecule has 184 valence electrons. The lowest BCUT2D eigenvalue weighted by atomic mass is 9.83. The quantitative estimate of drug-likeness (QED) is 0.579. The van der Waals surface area contributed by atoms with Crippen molar-refractivity contribution >= 4 is 17.4 Å². The number of rotatable bonds is 5. The van der Waals surface area contributed by atoms with Crippen molar-refractivity contribution < 1.29 is 39.1 Å². The summed E-state index contributed by atoms with van der Waals surface area (Å²) in [6.07, 6.45) is -4.81. The normalized spacial score (nSPS) is 27.3. The predicted octanol–water partition coefficient (Wildman–Crippen LogP) is 1.84. The highest BCUT2D eigenvalue weighted by atomic mass is 35.5. The Balaban J connectivity index is 1.59. The summed E-state index contributed by atoms with van der Waals surface area (Å²) in [5, 5.41) is 32.7. The third kappa shape index (κ3) is 5.28. The molecule has 0 amide bonds. The number of carbonyl (C=O) groups excluding carboxylic acids is 1. The third-order valence-corrected chi connectivity index (χ3v) is 6.50. The molecule has 1 spiro atoms. The van der Waals surface area contributed by atoms with Crippen molar-refractivity contribution in [2.45, 2.75) is 43.4 Å². The number of ketones is 1. The van der Waals surface area contributed by atoms with Gasteiger partial charge in [0, 0.05) is 5.02 Å². The third-order valence-electron chi connectivity index (χ3n) is 6.13. The highest BCUT2D eigenvalue weighted by Gasteiger charge is 2.54. The zero-order valence-corrected chi connectivity index (χ0v) is 19.6. The van der Waals surface area contributed by atoms with Crippen molar-refractivity contribution in [1.82, 2.24) is 0 Å². The topological polar surface area (TPSA) is 115 Å². The zero-order valence-electron chi connectivity index (χ0n) is 18.9. The van der Waals surface area contributed by atoms with E-state index >= 15 is 0 Å². The minimum Gasteiger partial charge on any atom is -0.494 e. The molecule has 4 atom stereocenters. The maximum Gasteiger partial charge on any atom is 0.183 e. The zero-order chi connectivity index (χ0) is 24.3. The second-order valence-electron chi connectivity index (χ2n) is 8.66. The van der Waals surface area contributed by atoms with Crippen molar-refractivity contribution in [3.8, 4) is 5.75 Å². The van der Waals surface area contributed by atoms with Crippen LogP contribution in [0, 0.1) is 0 Å². The first-order valence-electron chi connectivity index (χ1n) is 11.2. The van der Waals surface area contributed by atoms with E-state index in [1.54, 1.807) is 12.1 Å². The smallest absolute Gasteiger partial charge is 0.183 e. The van der Waals surface area contributed by atoms with Gasteiger partial charge >= 0.3 is 0 Å². The Bertz CT molecular complexity index is 983. The minimum absolute atomic E-state index is 0.174. The number of benzene rings is 2. The van der Waals surface area contributed by atoms with Crippen LogP contribution in [-0.4, -0.2) is 78.1 Å². The van der Waals surface area contributed by atoms with Gasteiger partial charge in [-0.1, -0.05) is 35.9 Å². The number of hydrogen-bond donors (Lipinski definition) is 3. The van der Waals surface area contributed by atoms with Crippen LogP contribution in [0.3, 0.4) is 0 Å². The number of hydrogen-bond acceptors (Lipinski definition) is 8. The van der Waals surface area contributed by atoms with Crippen LogP contribution >= 0.6 is 11.6 Å². The Morgan fingerprint density at radius 1 is 1.03 bits per heavy atom. The van der Waals surface area contributed by atoms with Crippen LogP contribution in [0.4, 0.5) is 0 Å². The molecule has 0 saturated carbocycles. The van der Waals surface area contributed by atoms with Gasteiger partial charge in [-0.15, -0.1) is 0 Å². The van der Waals surface area contributed by atoms with Gasteiger partial charge in [0.2, 0.25) is 0 Å². The summed E-state index contributed by atoms with van der Waals surface area (Å²) >= 11 is 6.46. The second kappa shape index (κ2) is 10.7. The summed E-state index contributed by atoms with van der Waals surface area (Å²) in [5.74, 6) is 0.557. The van der Waals surface area contributed by atoms with Crippen molar-refractivity contribution in [3.63, 3.8) is 0 Å². The van der Waals surface area contributed by atoms with Crippen molar-refractivity contribution in [2.24, 2.45) is 0 Å². The van der Waals surface area contributed by atoms with Crippen LogP contribution in [0.25, 0.3) is 0 Å². The molecule has 2 aliphatic rings. The van der Waals surface area contributed by atoms with E-state index in [4.69, 9.17) is 30.5 Å². The molecule has 0 unspecified atom stereocenters. The molecule has 8 nitrogen and oxygen atoms in total. The van der Waals surface area contributed by atoms with Gasteiger partial charge in [0.1, 0.15) is 49.0 Å². The minimum atomic E-state index is -1.51. The molecule has 2 saturated heterocycles. The van der Waals surface area contributed by atoms with Crippen molar-refractivity contribution in [3.05, 3.63) is 64.2 Å².